The van der Waals surface area contributed by atoms with Gasteiger partial charge in [-0.05, 0) is 37.7 Å². The van der Waals surface area contributed by atoms with Crippen molar-refractivity contribution < 1.29 is 4.52 Å². The quantitative estimate of drug-likeness (QED) is 0.660. The van der Waals surface area contributed by atoms with Gasteiger partial charge in [-0.25, -0.2) is 4.98 Å². The largest absolute Gasteiger partial charge is 0.370 e. The highest BCUT2D eigenvalue weighted by Gasteiger charge is 2.16. The van der Waals surface area contributed by atoms with Crippen molar-refractivity contribution in [3.05, 3.63) is 60.8 Å². The molecule has 4 rings (SSSR count). The lowest BCUT2D eigenvalue weighted by atomic mass is 10.1. The van der Waals surface area contributed by atoms with Crippen molar-refractivity contribution in [2.24, 2.45) is 0 Å². The lowest BCUT2D eigenvalue weighted by Gasteiger charge is -2.33. The van der Waals surface area contributed by atoms with E-state index in [-0.39, 0.29) is 6.04 Å². The SMILES string of the molecule is C=C(NC(C)C#N)c1cccc(-c2cc(-c3ccc(N4CCN(C)CC4)nc3)on2)c1. The van der Waals surface area contributed by atoms with Crippen LogP contribution in [0.15, 0.2) is 59.8 Å². The van der Waals surface area contributed by atoms with E-state index in [9.17, 15) is 0 Å². The predicted molar refractivity (Wildman–Crippen MR) is 122 cm³/mol. The van der Waals surface area contributed by atoms with Crippen molar-refractivity contribution in [1.29, 1.82) is 5.26 Å². The number of nitrogens with one attached hydrogen (secondary N) is 1. The minimum atomic E-state index is -0.309. The van der Waals surface area contributed by atoms with Gasteiger partial charge in [-0.3, -0.25) is 0 Å². The van der Waals surface area contributed by atoms with Crippen molar-refractivity contribution in [2.45, 2.75) is 13.0 Å². The zero-order chi connectivity index (χ0) is 21.8. The Morgan fingerprint density at radius 2 is 1.97 bits per heavy atom. The van der Waals surface area contributed by atoms with Crippen LogP contribution in [0.4, 0.5) is 5.82 Å². The van der Waals surface area contributed by atoms with Gasteiger partial charge in [0.2, 0.25) is 0 Å². The average Bonchev–Trinajstić information content (AvgIpc) is 3.30. The van der Waals surface area contributed by atoms with Gasteiger partial charge < -0.3 is 19.6 Å². The van der Waals surface area contributed by atoms with Crippen molar-refractivity contribution in [3.8, 4) is 28.7 Å². The van der Waals surface area contributed by atoms with Crippen molar-refractivity contribution in [1.82, 2.24) is 20.4 Å². The highest BCUT2D eigenvalue weighted by atomic mass is 16.5. The van der Waals surface area contributed by atoms with Crippen molar-refractivity contribution >= 4 is 11.5 Å². The number of nitriles is 1. The molecule has 1 unspecified atom stereocenters. The molecule has 1 saturated heterocycles. The summed E-state index contributed by atoms with van der Waals surface area (Å²) < 4.78 is 5.60. The Labute approximate surface area is 182 Å². The third-order valence-corrected chi connectivity index (χ3v) is 5.46. The maximum atomic E-state index is 8.99. The molecule has 3 aromatic rings. The van der Waals surface area contributed by atoms with Gasteiger partial charge in [0.05, 0.1) is 6.07 Å². The van der Waals surface area contributed by atoms with Crippen LogP contribution >= 0.6 is 0 Å². The molecule has 1 aliphatic rings. The second-order valence-corrected chi connectivity index (χ2v) is 7.83. The van der Waals surface area contributed by atoms with E-state index < -0.39 is 0 Å². The van der Waals surface area contributed by atoms with Crippen molar-refractivity contribution in [2.75, 3.05) is 38.1 Å². The second-order valence-electron chi connectivity index (χ2n) is 7.83. The summed E-state index contributed by atoms with van der Waals surface area (Å²) in [6, 6.07) is 15.7. The van der Waals surface area contributed by atoms with E-state index in [1.54, 1.807) is 6.92 Å². The van der Waals surface area contributed by atoms with E-state index in [4.69, 9.17) is 9.78 Å². The first kappa shape index (κ1) is 20.6. The Balaban J connectivity index is 1.49. The molecule has 1 N–H and O–H groups in total. The number of hydrogen-bond acceptors (Lipinski definition) is 7. The maximum Gasteiger partial charge on any atom is 0.169 e. The number of rotatable bonds is 6. The summed E-state index contributed by atoms with van der Waals surface area (Å²) in [5.74, 6) is 1.66. The number of pyridine rings is 1. The first-order chi connectivity index (χ1) is 15.0. The molecule has 3 heterocycles. The second kappa shape index (κ2) is 9.02. The lowest BCUT2D eigenvalue weighted by molar-refractivity contribution is 0.312. The van der Waals surface area contributed by atoms with Gasteiger partial charge in [-0.15, -0.1) is 0 Å². The molecule has 1 aromatic carbocycles. The van der Waals surface area contributed by atoms with E-state index in [1.165, 1.54) is 0 Å². The van der Waals surface area contributed by atoms with Gasteiger partial charge in [0.15, 0.2) is 5.76 Å². The Morgan fingerprint density at radius 3 is 2.68 bits per heavy atom. The first-order valence-electron chi connectivity index (χ1n) is 10.4. The zero-order valence-electron chi connectivity index (χ0n) is 17.9. The number of nitrogens with zero attached hydrogens (tertiary/aromatic N) is 5. The van der Waals surface area contributed by atoms with Crippen LogP contribution < -0.4 is 10.2 Å². The number of likely N-dealkylation sites (N-methyl/N-ethyl adjacent to an activating group) is 1. The first-order valence-corrected chi connectivity index (χ1v) is 10.4. The summed E-state index contributed by atoms with van der Waals surface area (Å²) in [6.07, 6.45) is 1.84. The molecular formula is C24H26N6O. The van der Waals surface area contributed by atoms with Crippen LogP contribution in [0.5, 0.6) is 0 Å². The number of hydrogen-bond donors (Lipinski definition) is 1. The Bertz CT molecular complexity index is 1090. The zero-order valence-corrected chi connectivity index (χ0v) is 17.9. The molecule has 0 spiro atoms. The van der Waals surface area contributed by atoms with Crippen LogP contribution in [-0.2, 0) is 0 Å². The molecule has 0 saturated carbocycles. The number of aromatic nitrogens is 2. The van der Waals surface area contributed by atoms with E-state index in [0.29, 0.717) is 11.5 Å². The van der Waals surface area contributed by atoms with Gasteiger partial charge in [0, 0.05) is 55.3 Å². The molecule has 0 bridgehead atoms. The van der Waals surface area contributed by atoms with Crippen LogP contribution in [0.25, 0.3) is 28.3 Å². The summed E-state index contributed by atoms with van der Waals surface area (Å²) in [7, 11) is 2.14. The maximum absolute atomic E-state index is 8.99. The summed E-state index contributed by atoms with van der Waals surface area (Å²) >= 11 is 0. The standard InChI is InChI=1S/C24H26N6O/c1-17(15-25)27-18(2)19-5-4-6-20(13-19)22-14-23(31-28-22)21-7-8-24(26-16-21)30-11-9-29(3)10-12-30/h4-8,13-14,16-17,27H,2,9-12H2,1,3H3. The summed E-state index contributed by atoms with van der Waals surface area (Å²) in [5, 5.41) is 16.3. The fourth-order valence-corrected chi connectivity index (χ4v) is 3.54. The highest BCUT2D eigenvalue weighted by molar-refractivity contribution is 5.72. The predicted octanol–water partition coefficient (Wildman–Crippen LogP) is 3.63. The van der Waals surface area contributed by atoms with Gasteiger partial charge >= 0.3 is 0 Å². The molecule has 1 aliphatic heterocycles. The van der Waals surface area contributed by atoms with Crippen LogP contribution in [0, 0.1) is 11.3 Å². The number of anilines is 1. The molecular weight excluding hydrogens is 388 g/mol. The molecule has 158 valence electrons. The number of benzene rings is 1. The normalized spacial score (nSPS) is 15.3. The van der Waals surface area contributed by atoms with Crippen LogP contribution in [0.2, 0.25) is 0 Å². The Morgan fingerprint density at radius 1 is 1.16 bits per heavy atom. The summed E-state index contributed by atoms with van der Waals surface area (Å²) in [4.78, 5) is 9.26. The van der Waals surface area contributed by atoms with E-state index >= 15 is 0 Å². The Kier molecular flexibility index (Phi) is 6.01. The van der Waals surface area contributed by atoms with Crippen molar-refractivity contribution in [3.63, 3.8) is 0 Å². The molecule has 2 aromatic heterocycles. The monoisotopic (exact) mass is 414 g/mol. The summed E-state index contributed by atoms with van der Waals surface area (Å²) in [5.41, 5.74) is 4.15. The van der Waals surface area contributed by atoms with E-state index in [2.05, 4.69) is 45.0 Å². The van der Waals surface area contributed by atoms with Crippen LogP contribution in [-0.4, -0.2) is 54.3 Å². The average molecular weight is 415 g/mol. The molecule has 31 heavy (non-hydrogen) atoms. The van der Waals surface area contributed by atoms with Crippen LogP contribution in [0.3, 0.4) is 0 Å². The Hall–Kier alpha value is -3.63. The molecule has 0 radical (unpaired) electrons. The van der Waals surface area contributed by atoms with E-state index in [0.717, 1.165) is 54.4 Å². The smallest absolute Gasteiger partial charge is 0.169 e. The van der Waals surface area contributed by atoms with Crippen LogP contribution in [0.1, 0.15) is 12.5 Å². The topological polar surface area (TPSA) is 81.2 Å². The summed E-state index contributed by atoms with van der Waals surface area (Å²) in [6.45, 7) is 9.89. The van der Waals surface area contributed by atoms with Gasteiger partial charge in [0.25, 0.3) is 0 Å². The van der Waals surface area contributed by atoms with E-state index in [1.807, 2.05) is 48.7 Å². The minimum Gasteiger partial charge on any atom is -0.370 e. The third-order valence-electron chi connectivity index (χ3n) is 5.46. The van der Waals surface area contributed by atoms with Gasteiger partial charge in [0.1, 0.15) is 17.6 Å². The molecule has 1 fully saturated rings. The fourth-order valence-electron chi connectivity index (χ4n) is 3.54. The molecule has 0 aliphatic carbocycles. The molecule has 7 heteroatoms. The fraction of sp³-hybridized carbons (Fsp3) is 0.292. The molecule has 1 atom stereocenters. The minimum absolute atomic E-state index is 0.309. The van der Waals surface area contributed by atoms with Gasteiger partial charge in [-0.2, -0.15) is 5.26 Å². The lowest BCUT2D eigenvalue weighted by Crippen LogP contribution is -2.44. The molecule has 7 nitrogen and oxygen atoms in total. The molecule has 0 amide bonds. The third kappa shape index (κ3) is 4.76. The van der Waals surface area contributed by atoms with Gasteiger partial charge in [-0.1, -0.05) is 29.9 Å². The number of piperazine rings is 1. The highest BCUT2D eigenvalue weighted by Crippen LogP contribution is 2.28.